The number of carbonyl (C=O) groups excluding carboxylic acids is 1. The lowest BCUT2D eigenvalue weighted by Crippen LogP contribution is -2.13. The van der Waals surface area contributed by atoms with Crippen LogP contribution in [0.25, 0.3) is 6.08 Å². The molecule has 0 aliphatic carbocycles. The fourth-order valence-corrected chi connectivity index (χ4v) is 3.73. The molecule has 1 N–H and O–H groups in total. The monoisotopic (exact) mass is 488 g/mol. The molecule has 1 amide bonds. The molecule has 0 radical (unpaired) electrons. The van der Waals surface area contributed by atoms with Gasteiger partial charge in [0.25, 0.3) is 5.91 Å². The van der Waals surface area contributed by atoms with Gasteiger partial charge in [-0.05, 0) is 98.3 Å². The lowest BCUT2D eigenvalue weighted by Gasteiger charge is -2.15. The molecule has 0 spiro atoms. The molecule has 3 rings (SSSR count). The predicted octanol–water partition coefficient (Wildman–Crippen LogP) is 7.10. The highest BCUT2D eigenvalue weighted by atomic mass is 35.5. The van der Waals surface area contributed by atoms with E-state index in [1.54, 1.807) is 18.2 Å². The third-order valence-electron chi connectivity index (χ3n) is 5.73. The standard InChI is InChI=1S/C29H29ClN2O3/c1-6-34-27-15-23(13-24(16-31)29(33)32-25-10-8-19(3)21(5)12-25)14-26(30)28(27)35-17-22-9-7-18(2)20(4)11-22/h7-15H,6,17H2,1-5H3,(H,32,33)/b24-13+. The van der Waals surface area contributed by atoms with Crippen LogP contribution in [-0.2, 0) is 11.4 Å². The molecule has 0 saturated carbocycles. The summed E-state index contributed by atoms with van der Waals surface area (Å²) in [4.78, 5) is 12.7. The number of benzene rings is 3. The average molecular weight is 489 g/mol. The van der Waals surface area contributed by atoms with Crippen LogP contribution in [0.1, 0.15) is 40.3 Å². The van der Waals surface area contributed by atoms with Crippen molar-refractivity contribution in [2.24, 2.45) is 0 Å². The number of nitrogens with zero attached hydrogens (tertiary/aromatic N) is 1. The van der Waals surface area contributed by atoms with Gasteiger partial charge in [-0.2, -0.15) is 5.26 Å². The number of amides is 1. The number of ether oxygens (including phenoxy) is 2. The minimum absolute atomic E-state index is 0.0504. The Morgan fingerprint density at radius 3 is 2.29 bits per heavy atom. The number of anilines is 1. The number of carbonyl (C=O) groups is 1. The molecule has 0 bridgehead atoms. The number of hydrogen-bond donors (Lipinski definition) is 1. The van der Waals surface area contributed by atoms with Crippen LogP contribution in [0.5, 0.6) is 11.5 Å². The number of halogens is 1. The summed E-state index contributed by atoms with van der Waals surface area (Å²) >= 11 is 6.54. The summed E-state index contributed by atoms with van der Waals surface area (Å²) in [5.74, 6) is 0.365. The van der Waals surface area contributed by atoms with Crippen molar-refractivity contribution in [2.45, 2.75) is 41.2 Å². The first-order valence-corrected chi connectivity index (χ1v) is 11.7. The lowest BCUT2D eigenvalue weighted by atomic mass is 10.1. The number of hydrogen-bond acceptors (Lipinski definition) is 4. The van der Waals surface area contributed by atoms with Gasteiger partial charge in [0, 0.05) is 5.69 Å². The molecule has 0 heterocycles. The van der Waals surface area contributed by atoms with Gasteiger partial charge in [-0.15, -0.1) is 0 Å². The van der Waals surface area contributed by atoms with Crippen LogP contribution < -0.4 is 14.8 Å². The third-order valence-corrected chi connectivity index (χ3v) is 6.01. The number of rotatable bonds is 8. The summed E-state index contributed by atoms with van der Waals surface area (Å²) in [6.07, 6.45) is 1.48. The molecule has 0 unspecified atom stereocenters. The van der Waals surface area contributed by atoms with Crippen LogP contribution in [0.2, 0.25) is 5.02 Å². The zero-order valence-corrected chi connectivity index (χ0v) is 21.4. The summed E-state index contributed by atoms with van der Waals surface area (Å²) in [5, 5.41) is 12.7. The first-order chi connectivity index (χ1) is 16.7. The maximum absolute atomic E-state index is 12.7. The second-order valence-corrected chi connectivity index (χ2v) is 8.80. The first-order valence-electron chi connectivity index (χ1n) is 11.4. The SMILES string of the molecule is CCOc1cc(/C=C(\C#N)C(=O)Nc2ccc(C)c(C)c2)cc(Cl)c1OCc1ccc(C)c(C)c1. The highest BCUT2D eigenvalue weighted by molar-refractivity contribution is 6.32. The number of nitrogens with one attached hydrogen (secondary N) is 1. The summed E-state index contributed by atoms with van der Waals surface area (Å²) < 4.78 is 11.8. The normalized spacial score (nSPS) is 11.1. The number of aryl methyl sites for hydroxylation is 4. The van der Waals surface area contributed by atoms with Gasteiger partial charge in [0.2, 0.25) is 0 Å². The van der Waals surface area contributed by atoms with E-state index in [-0.39, 0.29) is 5.57 Å². The molecule has 0 atom stereocenters. The second-order valence-electron chi connectivity index (χ2n) is 8.39. The predicted molar refractivity (Wildman–Crippen MR) is 141 cm³/mol. The van der Waals surface area contributed by atoms with Crippen molar-refractivity contribution in [1.29, 1.82) is 5.26 Å². The van der Waals surface area contributed by atoms with Gasteiger partial charge in [0.15, 0.2) is 11.5 Å². The summed E-state index contributed by atoms with van der Waals surface area (Å²) in [6.45, 7) is 10.7. The van der Waals surface area contributed by atoms with Crippen LogP contribution in [-0.4, -0.2) is 12.5 Å². The van der Waals surface area contributed by atoms with Crippen molar-refractivity contribution in [3.63, 3.8) is 0 Å². The Morgan fingerprint density at radius 1 is 0.971 bits per heavy atom. The Kier molecular flexibility index (Phi) is 8.57. The van der Waals surface area contributed by atoms with Gasteiger partial charge >= 0.3 is 0 Å². The van der Waals surface area contributed by atoms with Gasteiger partial charge in [0.05, 0.1) is 11.6 Å². The Balaban J connectivity index is 1.85. The molecule has 0 fully saturated rings. The van der Waals surface area contributed by atoms with Crippen LogP contribution in [0.3, 0.4) is 0 Å². The van der Waals surface area contributed by atoms with Crippen molar-refractivity contribution in [2.75, 3.05) is 11.9 Å². The van der Waals surface area contributed by atoms with Crippen molar-refractivity contribution in [3.05, 3.63) is 92.5 Å². The van der Waals surface area contributed by atoms with Gasteiger partial charge in [-0.1, -0.05) is 35.9 Å². The smallest absolute Gasteiger partial charge is 0.266 e. The molecule has 5 nitrogen and oxygen atoms in total. The molecule has 0 saturated heterocycles. The number of nitriles is 1. The Hall–Kier alpha value is -3.75. The highest BCUT2D eigenvalue weighted by Crippen LogP contribution is 2.38. The maximum Gasteiger partial charge on any atom is 0.266 e. The van der Waals surface area contributed by atoms with E-state index in [1.165, 1.54) is 17.2 Å². The Labute approximate surface area is 212 Å². The van der Waals surface area contributed by atoms with Crippen LogP contribution >= 0.6 is 11.6 Å². The van der Waals surface area contributed by atoms with E-state index in [0.29, 0.717) is 41.0 Å². The van der Waals surface area contributed by atoms with E-state index in [0.717, 1.165) is 16.7 Å². The fourth-order valence-electron chi connectivity index (χ4n) is 3.46. The molecule has 180 valence electrons. The molecular formula is C29H29ClN2O3. The highest BCUT2D eigenvalue weighted by Gasteiger charge is 2.15. The minimum atomic E-state index is -0.500. The maximum atomic E-state index is 12.7. The summed E-state index contributed by atoms with van der Waals surface area (Å²) in [5.41, 5.74) is 6.73. The molecule has 0 aliphatic rings. The van der Waals surface area contributed by atoms with Crippen molar-refractivity contribution in [3.8, 4) is 17.6 Å². The Morgan fingerprint density at radius 2 is 1.66 bits per heavy atom. The van der Waals surface area contributed by atoms with Crippen LogP contribution in [0, 0.1) is 39.0 Å². The second kappa shape index (κ2) is 11.6. The largest absolute Gasteiger partial charge is 0.490 e. The fraction of sp³-hybridized carbons (Fsp3) is 0.241. The molecule has 35 heavy (non-hydrogen) atoms. The van der Waals surface area contributed by atoms with Gasteiger partial charge in [-0.25, -0.2) is 0 Å². The Bertz CT molecular complexity index is 1320. The zero-order chi connectivity index (χ0) is 25.5. The zero-order valence-electron chi connectivity index (χ0n) is 20.7. The molecule has 0 aromatic heterocycles. The average Bonchev–Trinajstić information content (AvgIpc) is 2.81. The minimum Gasteiger partial charge on any atom is -0.490 e. The third kappa shape index (κ3) is 6.65. The van der Waals surface area contributed by atoms with Crippen molar-refractivity contribution < 1.29 is 14.3 Å². The molecule has 6 heteroatoms. The quantitative estimate of drug-likeness (QED) is 0.271. The van der Waals surface area contributed by atoms with Gasteiger partial charge < -0.3 is 14.8 Å². The summed E-state index contributed by atoms with van der Waals surface area (Å²) in [7, 11) is 0. The summed E-state index contributed by atoms with van der Waals surface area (Å²) in [6, 6.07) is 17.1. The topological polar surface area (TPSA) is 71.3 Å². The lowest BCUT2D eigenvalue weighted by molar-refractivity contribution is -0.112. The van der Waals surface area contributed by atoms with Gasteiger partial charge in [-0.3, -0.25) is 4.79 Å². The molecule has 0 aliphatic heterocycles. The van der Waals surface area contributed by atoms with E-state index in [9.17, 15) is 10.1 Å². The van der Waals surface area contributed by atoms with Crippen LogP contribution in [0.15, 0.2) is 54.1 Å². The van der Waals surface area contributed by atoms with E-state index < -0.39 is 5.91 Å². The van der Waals surface area contributed by atoms with E-state index >= 15 is 0 Å². The van der Waals surface area contributed by atoms with E-state index in [2.05, 4.69) is 31.3 Å². The van der Waals surface area contributed by atoms with Crippen molar-refractivity contribution in [1.82, 2.24) is 0 Å². The molecule has 3 aromatic rings. The van der Waals surface area contributed by atoms with Crippen LogP contribution in [0.4, 0.5) is 5.69 Å². The van der Waals surface area contributed by atoms with E-state index in [4.69, 9.17) is 21.1 Å². The van der Waals surface area contributed by atoms with Crippen molar-refractivity contribution >= 4 is 29.3 Å². The molecule has 3 aromatic carbocycles. The first kappa shape index (κ1) is 25.9. The van der Waals surface area contributed by atoms with Gasteiger partial charge in [0.1, 0.15) is 18.2 Å². The molecular weight excluding hydrogens is 460 g/mol. The van der Waals surface area contributed by atoms with E-state index in [1.807, 2.05) is 45.0 Å².